The van der Waals surface area contributed by atoms with Crippen LogP contribution in [0.25, 0.3) is 17.0 Å². The minimum atomic E-state index is -0.0102. The molecule has 0 bridgehead atoms. The van der Waals surface area contributed by atoms with Crippen molar-refractivity contribution < 1.29 is 9.53 Å². The van der Waals surface area contributed by atoms with Gasteiger partial charge in [0.15, 0.2) is 11.5 Å². The number of hydrogen-bond donors (Lipinski definition) is 1. The summed E-state index contributed by atoms with van der Waals surface area (Å²) in [6.07, 6.45) is 1.58. The minimum absolute atomic E-state index is 0.00347. The van der Waals surface area contributed by atoms with Gasteiger partial charge in [0.1, 0.15) is 11.6 Å². The summed E-state index contributed by atoms with van der Waals surface area (Å²) in [6.45, 7) is 7.80. The van der Waals surface area contributed by atoms with E-state index < -0.39 is 0 Å². The number of aromatic nitrogens is 4. The zero-order chi connectivity index (χ0) is 25.2. The molecule has 4 aromatic rings. The summed E-state index contributed by atoms with van der Waals surface area (Å²) in [4.78, 5) is 15.2. The molecule has 1 atom stereocenters. The fourth-order valence-electron chi connectivity index (χ4n) is 4.69. The molecule has 8 nitrogen and oxygen atoms in total. The van der Waals surface area contributed by atoms with Crippen molar-refractivity contribution in [3.63, 3.8) is 0 Å². The molecule has 8 heteroatoms. The van der Waals surface area contributed by atoms with E-state index >= 15 is 0 Å². The van der Waals surface area contributed by atoms with E-state index in [0.29, 0.717) is 11.5 Å². The topological polar surface area (TPSA) is 84.7 Å². The van der Waals surface area contributed by atoms with Crippen LogP contribution in [-0.2, 0) is 4.79 Å². The second-order valence-electron chi connectivity index (χ2n) is 9.55. The third-order valence-electron chi connectivity index (χ3n) is 7.18. The van der Waals surface area contributed by atoms with Crippen molar-refractivity contribution in [3.05, 3.63) is 71.3 Å². The van der Waals surface area contributed by atoms with Crippen LogP contribution in [0, 0.1) is 19.8 Å². The lowest BCUT2D eigenvalue weighted by molar-refractivity contribution is -0.126. The summed E-state index contributed by atoms with van der Waals surface area (Å²) in [7, 11) is 1.65. The Bertz CT molecular complexity index is 1370. The zero-order valence-electron chi connectivity index (χ0n) is 21.2. The molecule has 1 aliphatic rings. The maximum atomic E-state index is 13.0. The first-order valence-electron chi connectivity index (χ1n) is 12.4. The van der Waals surface area contributed by atoms with Gasteiger partial charge in [-0.3, -0.25) is 4.79 Å². The predicted molar refractivity (Wildman–Crippen MR) is 140 cm³/mol. The Morgan fingerprint density at radius 3 is 2.44 bits per heavy atom. The maximum absolute atomic E-state index is 13.0. The smallest absolute Gasteiger partial charge is 0.223 e. The monoisotopic (exact) mass is 484 g/mol. The number of nitrogens with one attached hydrogen (secondary N) is 1. The Morgan fingerprint density at radius 2 is 1.75 bits per heavy atom. The number of nitrogens with zero attached hydrogens (tertiary/aromatic N) is 5. The third-order valence-corrected chi connectivity index (χ3v) is 7.18. The van der Waals surface area contributed by atoms with Crippen LogP contribution in [0.15, 0.2) is 54.6 Å². The number of piperidine rings is 1. The van der Waals surface area contributed by atoms with Gasteiger partial charge in [-0.2, -0.15) is 4.52 Å². The summed E-state index contributed by atoms with van der Waals surface area (Å²) >= 11 is 0. The zero-order valence-corrected chi connectivity index (χ0v) is 21.2. The van der Waals surface area contributed by atoms with Crippen molar-refractivity contribution in [1.82, 2.24) is 25.1 Å². The van der Waals surface area contributed by atoms with Gasteiger partial charge in [0, 0.05) is 24.6 Å². The number of carbonyl (C=O) groups excluding carboxylic acids is 1. The number of fused-ring (bicyclic) bond motifs is 1. The molecule has 1 saturated heterocycles. The van der Waals surface area contributed by atoms with Crippen LogP contribution in [0.1, 0.15) is 42.5 Å². The van der Waals surface area contributed by atoms with E-state index in [1.807, 2.05) is 36.4 Å². The number of ether oxygens (including phenoxy) is 1. The second-order valence-corrected chi connectivity index (χ2v) is 9.55. The molecule has 0 saturated carbocycles. The van der Waals surface area contributed by atoms with Gasteiger partial charge in [-0.25, -0.2) is 0 Å². The van der Waals surface area contributed by atoms with E-state index in [1.54, 1.807) is 11.6 Å². The number of hydrogen-bond acceptors (Lipinski definition) is 6. The van der Waals surface area contributed by atoms with Crippen LogP contribution in [0.2, 0.25) is 0 Å². The van der Waals surface area contributed by atoms with Gasteiger partial charge < -0.3 is 15.0 Å². The van der Waals surface area contributed by atoms with Crippen molar-refractivity contribution in [2.75, 3.05) is 25.1 Å². The maximum Gasteiger partial charge on any atom is 0.223 e. The Hall–Kier alpha value is -3.94. The Balaban J connectivity index is 1.24. The fourth-order valence-corrected chi connectivity index (χ4v) is 4.69. The molecule has 1 fully saturated rings. The number of carbonyl (C=O) groups is 1. The normalized spacial score (nSPS) is 15.2. The summed E-state index contributed by atoms with van der Waals surface area (Å²) in [5.41, 5.74) is 5.26. The quantitative estimate of drug-likeness (QED) is 0.434. The molecular formula is C28H32N6O2. The van der Waals surface area contributed by atoms with Gasteiger partial charge in [-0.1, -0.05) is 18.2 Å². The van der Waals surface area contributed by atoms with Crippen molar-refractivity contribution >= 4 is 17.4 Å². The lowest BCUT2D eigenvalue weighted by Crippen LogP contribution is -2.41. The number of methoxy groups -OCH3 is 1. The third kappa shape index (κ3) is 4.76. The van der Waals surface area contributed by atoms with Crippen LogP contribution < -0.4 is 15.0 Å². The highest BCUT2D eigenvalue weighted by atomic mass is 16.5. The molecule has 36 heavy (non-hydrogen) atoms. The molecule has 1 aliphatic heterocycles. The highest BCUT2D eigenvalue weighted by Crippen LogP contribution is 2.26. The van der Waals surface area contributed by atoms with Gasteiger partial charge in [-0.05, 0) is 86.7 Å². The van der Waals surface area contributed by atoms with Crippen molar-refractivity contribution in [3.8, 4) is 17.1 Å². The van der Waals surface area contributed by atoms with Crippen molar-refractivity contribution in [1.29, 1.82) is 0 Å². The van der Waals surface area contributed by atoms with Gasteiger partial charge in [0.2, 0.25) is 5.91 Å². The van der Waals surface area contributed by atoms with E-state index in [0.717, 1.165) is 48.6 Å². The summed E-state index contributed by atoms with van der Waals surface area (Å²) in [5, 5.41) is 16.7. The molecule has 2 aromatic heterocycles. The van der Waals surface area contributed by atoms with Crippen LogP contribution in [0.4, 0.5) is 5.82 Å². The summed E-state index contributed by atoms with van der Waals surface area (Å²) in [6, 6.07) is 18.0. The van der Waals surface area contributed by atoms with E-state index in [2.05, 4.69) is 59.4 Å². The first-order chi connectivity index (χ1) is 17.4. The molecule has 2 aromatic carbocycles. The minimum Gasteiger partial charge on any atom is -0.497 e. The average molecular weight is 485 g/mol. The fraction of sp³-hybridized carbons (Fsp3) is 0.357. The van der Waals surface area contributed by atoms with E-state index in [4.69, 9.17) is 9.84 Å². The molecule has 5 rings (SSSR count). The van der Waals surface area contributed by atoms with Crippen molar-refractivity contribution in [2.24, 2.45) is 5.92 Å². The predicted octanol–water partition coefficient (Wildman–Crippen LogP) is 4.51. The van der Waals surface area contributed by atoms with Crippen LogP contribution in [0.5, 0.6) is 5.75 Å². The van der Waals surface area contributed by atoms with Crippen molar-refractivity contribution in [2.45, 2.75) is 39.7 Å². The Labute approximate surface area is 211 Å². The molecule has 0 spiro atoms. The van der Waals surface area contributed by atoms with E-state index in [1.165, 1.54) is 11.1 Å². The molecule has 0 unspecified atom stereocenters. The molecule has 3 heterocycles. The standard InChI is InChI=1S/C28H32N6O2/c1-18-5-6-23(17-19(18)2)20(3)29-28(35)22-13-15-33(16-14-22)26-12-11-25-30-31-27(34(25)32-26)21-7-9-24(36-4)10-8-21/h5-12,17,20,22H,13-16H2,1-4H3,(H,29,35)/t20-/m1/s1. The Morgan fingerprint density at radius 1 is 1.00 bits per heavy atom. The van der Waals surface area contributed by atoms with Crippen LogP contribution in [-0.4, -0.2) is 45.9 Å². The van der Waals surface area contributed by atoms with Gasteiger partial charge in [0.05, 0.1) is 13.2 Å². The number of rotatable bonds is 6. The van der Waals surface area contributed by atoms with Gasteiger partial charge >= 0.3 is 0 Å². The molecule has 0 radical (unpaired) electrons. The average Bonchev–Trinajstić information content (AvgIpc) is 3.33. The van der Waals surface area contributed by atoms with E-state index in [-0.39, 0.29) is 17.9 Å². The summed E-state index contributed by atoms with van der Waals surface area (Å²) in [5.74, 6) is 2.47. The number of benzene rings is 2. The lowest BCUT2D eigenvalue weighted by atomic mass is 9.95. The molecule has 186 valence electrons. The van der Waals surface area contributed by atoms with Gasteiger partial charge in [-0.15, -0.1) is 15.3 Å². The Kier molecular flexibility index (Phi) is 6.59. The second kappa shape index (κ2) is 9.97. The highest BCUT2D eigenvalue weighted by Gasteiger charge is 2.27. The molecule has 0 aliphatic carbocycles. The highest BCUT2D eigenvalue weighted by molar-refractivity contribution is 5.79. The molecule has 1 N–H and O–H groups in total. The first-order valence-corrected chi connectivity index (χ1v) is 12.4. The number of aryl methyl sites for hydroxylation is 2. The molecular weight excluding hydrogens is 452 g/mol. The van der Waals surface area contributed by atoms with E-state index in [9.17, 15) is 4.79 Å². The van der Waals surface area contributed by atoms with Crippen LogP contribution in [0.3, 0.4) is 0 Å². The first kappa shape index (κ1) is 23.8. The number of anilines is 1. The largest absolute Gasteiger partial charge is 0.497 e. The lowest BCUT2D eigenvalue weighted by Gasteiger charge is -2.32. The summed E-state index contributed by atoms with van der Waals surface area (Å²) < 4.78 is 7.04. The van der Waals surface area contributed by atoms with Crippen LogP contribution >= 0.6 is 0 Å². The SMILES string of the molecule is COc1ccc(-c2nnc3ccc(N4CCC(C(=O)N[C@H](C)c5ccc(C)c(C)c5)CC4)nn23)cc1. The van der Waals surface area contributed by atoms with Gasteiger partial charge in [0.25, 0.3) is 0 Å². The molecule has 1 amide bonds. The number of amides is 1.